The average molecular weight is 345 g/mol. The van der Waals surface area contributed by atoms with Crippen LogP contribution in [0.5, 0.6) is 0 Å². The summed E-state index contributed by atoms with van der Waals surface area (Å²) >= 11 is 0. The molecule has 1 amide bonds. The Morgan fingerprint density at radius 1 is 1.22 bits per heavy atom. The van der Waals surface area contributed by atoms with Gasteiger partial charge in [-0.15, -0.1) is 0 Å². The molecule has 1 aromatic carbocycles. The van der Waals surface area contributed by atoms with Crippen molar-refractivity contribution in [2.75, 3.05) is 20.3 Å². The molecule has 0 radical (unpaired) electrons. The Labute approximate surface area is 139 Å². The maximum atomic E-state index is 12.6. The molecule has 0 saturated carbocycles. The van der Waals surface area contributed by atoms with Crippen LogP contribution in [0.2, 0.25) is 0 Å². The number of carbonyl (C=O) groups excluding carboxylic acids is 1. The fourth-order valence-corrected chi connectivity index (χ4v) is 3.17. The summed E-state index contributed by atoms with van der Waals surface area (Å²) < 4.78 is 28.8. The number of amides is 1. The SMILES string of the molecule is C.CCOCCc1ccc(S(=O)(=O)C(C)(C)C(=O)NOC)cc1. The number of benzene rings is 1. The van der Waals surface area contributed by atoms with E-state index >= 15 is 0 Å². The van der Waals surface area contributed by atoms with Crippen molar-refractivity contribution in [2.24, 2.45) is 0 Å². The Kier molecular flexibility index (Phi) is 8.44. The van der Waals surface area contributed by atoms with Gasteiger partial charge in [-0.1, -0.05) is 19.6 Å². The number of carbonyl (C=O) groups is 1. The van der Waals surface area contributed by atoms with Gasteiger partial charge < -0.3 is 4.74 Å². The van der Waals surface area contributed by atoms with E-state index in [1.54, 1.807) is 12.1 Å². The maximum absolute atomic E-state index is 12.6. The third kappa shape index (κ3) is 5.02. The minimum Gasteiger partial charge on any atom is -0.381 e. The number of sulfone groups is 1. The first-order valence-electron chi connectivity index (χ1n) is 7.02. The summed E-state index contributed by atoms with van der Waals surface area (Å²) in [7, 11) is -2.57. The highest BCUT2D eigenvalue weighted by Gasteiger charge is 2.42. The zero-order valence-corrected chi connectivity index (χ0v) is 14.2. The van der Waals surface area contributed by atoms with Gasteiger partial charge in [0.2, 0.25) is 0 Å². The molecule has 1 aromatic rings. The summed E-state index contributed by atoms with van der Waals surface area (Å²) in [5.41, 5.74) is 3.05. The molecule has 7 heteroatoms. The van der Waals surface area contributed by atoms with Crippen molar-refractivity contribution in [1.82, 2.24) is 5.48 Å². The van der Waals surface area contributed by atoms with Crippen LogP contribution in [0.1, 0.15) is 33.8 Å². The molecular formula is C16H27NO5S. The second-order valence-corrected chi connectivity index (χ2v) is 7.74. The van der Waals surface area contributed by atoms with E-state index in [4.69, 9.17) is 4.74 Å². The van der Waals surface area contributed by atoms with Crippen LogP contribution >= 0.6 is 0 Å². The molecule has 0 aliphatic heterocycles. The van der Waals surface area contributed by atoms with E-state index < -0.39 is 20.5 Å². The van der Waals surface area contributed by atoms with E-state index in [-0.39, 0.29) is 12.3 Å². The Hall–Kier alpha value is -1.44. The van der Waals surface area contributed by atoms with Crippen molar-refractivity contribution < 1.29 is 22.8 Å². The van der Waals surface area contributed by atoms with Crippen molar-refractivity contribution in [1.29, 1.82) is 0 Å². The van der Waals surface area contributed by atoms with Crippen molar-refractivity contribution in [3.05, 3.63) is 29.8 Å². The molecule has 1 N–H and O–H groups in total. The van der Waals surface area contributed by atoms with Crippen LogP contribution in [0.15, 0.2) is 29.2 Å². The molecule has 132 valence electrons. The van der Waals surface area contributed by atoms with Crippen LogP contribution in [0, 0.1) is 0 Å². The Bertz CT molecular complexity index is 593. The summed E-state index contributed by atoms with van der Waals surface area (Å²) in [5, 5.41) is 0. The summed E-state index contributed by atoms with van der Waals surface area (Å²) in [6, 6.07) is 6.49. The molecule has 23 heavy (non-hydrogen) atoms. The van der Waals surface area contributed by atoms with E-state index in [0.717, 1.165) is 5.56 Å². The molecule has 6 nitrogen and oxygen atoms in total. The minimum absolute atomic E-state index is 0. The lowest BCUT2D eigenvalue weighted by atomic mass is 10.2. The van der Waals surface area contributed by atoms with Crippen molar-refractivity contribution in [3.8, 4) is 0 Å². The quantitative estimate of drug-likeness (QED) is 0.576. The van der Waals surface area contributed by atoms with Gasteiger partial charge in [0.05, 0.1) is 18.6 Å². The lowest BCUT2D eigenvalue weighted by Crippen LogP contribution is -2.47. The Morgan fingerprint density at radius 3 is 2.26 bits per heavy atom. The molecule has 0 aromatic heterocycles. The fourth-order valence-electron chi connectivity index (χ4n) is 1.80. The predicted octanol–water partition coefficient (Wildman–Crippen LogP) is 2.13. The smallest absolute Gasteiger partial charge is 0.264 e. The average Bonchev–Trinajstić information content (AvgIpc) is 2.48. The van der Waals surface area contributed by atoms with E-state index in [0.29, 0.717) is 19.6 Å². The summed E-state index contributed by atoms with van der Waals surface area (Å²) in [6.45, 7) is 5.85. The third-order valence-electron chi connectivity index (χ3n) is 3.39. The first kappa shape index (κ1) is 21.6. The van der Waals surface area contributed by atoms with Crippen molar-refractivity contribution >= 4 is 15.7 Å². The number of hydrogen-bond acceptors (Lipinski definition) is 5. The van der Waals surface area contributed by atoms with Gasteiger partial charge >= 0.3 is 0 Å². The van der Waals surface area contributed by atoms with Gasteiger partial charge in [-0.3, -0.25) is 9.63 Å². The van der Waals surface area contributed by atoms with Crippen LogP contribution in [-0.2, 0) is 30.6 Å². The summed E-state index contributed by atoms with van der Waals surface area (Å²) in [4.78, 5) is 16.5. The van der Waals surface area contributed by atoms with Crippen LogP contribution in [0.4, 0.5) is 0 Å². The van der Waals surface area contributed by atoms with E-state index in [2.05, 4.69) is 10.3 Å². The highest BCUT2D eigenvalue weighted by atomic mass is 32.2. The molecular weight excluding hydrogens is 318 g/mol. The van der Waals surface area contributed by atoms with E-state index in [1.807, 2.05) is 6.92 Å². The van der Waals surface area contributed by atoms with Gasteiger partial charge in [-0.2, -0.15) is 0 Å². The standard InChI is InChI=1S/C15H23NO5S.CH4/c1-5-21-11-10-12-6-8-13(9-7-12)22(18,19)15(2,3)14(17)16-20-4;/h6-9H,5,10-11H2,1-4H3,(H,16,17);1H4. The molecule has 0 saturated heterocycles. The highest BCUT2D eigenvalue weighted by molar-refractivity contribution is 7.93. The number of hydrogen-bond donors (Lipinski definition) is 1. The second kappa shape index (κ2) is 9.00. The lowest BCUT2D eigenvalue weighted by Gasteiger charge is -2.23. The number of nitrogens with one attached hydrogen (secondary N) is 1. The van der Waals surface area contributed by atoms with Gasteiger partial charge in [0.25, 0.3) is 5.91 Å². The molecule has 0 atom stereocenters. The van der Waals surface area contributed by atoms with Crippen molar-refractivity contribution in [2.45, 2.75) is 44.3 Å². The number of rotatable bonds is 8. The molecule has 0 aliphatic carbocycles. The van der Waals surface area contributed by atoms with Crippen LogP contribution in [0.3, 0.4) is 0 Å². The van der Waals surface area contributed by atoms with Gasteiger partial charge in [0, 0.05) is 6.61 Å². The highest BCUT2D eigenvalue weighted by Crippen LogP contribution is 2.26. The summed E-state index contributed by atoms with van der Waals surface area (Å²) in [6.07, 6.45) is 0.710. The van der Waals surface area contributed by atoms with Crippen LogP contribution in [0.25, 0.3) is 0 Å². The van der Waals surface area contributed by atoms with Gasteiger partial charge in [-0.05, 0) is 44.9 Å². The maximum Gasteiger partial charge on any atom is 0.264 e. The Balaban J connectivity index is 0.00000484. The number of ether oxygens (including phenoxy) is 1. The topological polar surface area (TPSA) is 81.7 Å². The number of hydroxylamine groups is 1. The Morgan fingerprint density at radius 2 is 1.78 bits per heavy atom. The fraction of sp³-hybridized carbons (Fsp3) is 0.562. The first-order chi connectivity index (χ1) is 10.3. The third-order valence-corrected chi connectivity index (χ3v) is 5.81. The molecule has 0 aliphatic rings. The molecule has 0 unspecified atom stereocenters. The predicted molar refractivity (Wildman–Crippen MR) is 89.8 cm³/mol. The lowest BCUT2D eigenvalue weighted by molar-refractivity contribution is -0.133. The van der Waals surface area contributed by atoms with E-state index in [9.17, 15) is 13.2 Å². The van der Waals surface area contributed by atoms with E-state index in [1.165, 1.54) is 33.1 Å². The summed E-state index contributed by atoms with van der Waals surface area (Å²) in [5.74, 6) is -0.713. The molecule has 0 spiro atoms. The van der Waals surface area contributed by atoms with Crippen LogP contribution < -0.4 is 5.48 Å². The zero-order chi connectivity index (χ0) is 16.8. The monoisotopic (exact) mass is 345 g/mol. The second-order valence-electron chi connectivity index (χ2n) is 5.24. The first-order valence-corrected chi connectivity index (χ1v) is 8.50. The molecule has 0 heterocycles. The largest absolute Gasteiger partial charge is 0.381 e. The van der Waals surface area contributed by atoms with Gasteiger partial charge in [-0.25, -0.2) is 13.9 Å². The molecule has 0 fully saturated rings. The van der Waals surface area contributed by atoms with Gasteiger partial charge in [0.15, 0.2) is 14.6 Å². The zero-order valence-electron chi connectivity index (χ0n) is 13.4. The van der Waals surface area contributed by atoms with Crippen LogP contribution in [-0.4, -0.2) is 39.4 Å². The van der Waals surface area contributed by atoms with Crippen molar-refractivity contribution in [3.63, 3.8) is 0 Å². The van der Waals surface area contributed by atoms with Gasteiger partial charge in [0.1, 0.15) is 0 Å². The molecule has 0 bridgehead atoms. The minimum atomic E-state index is -3.83. The normalized spacial score (nSPS) is 11.7. The molecule has 1 rings (SSSR count).